The maximum absolute atomic E-state index is 12.6. The fourth-order valence-corrected chi connectivity index (χ4v) is 3.47. The number of amides is 1. The van der Waals surface area contributed by atoms with Crippen LogP contribution in [0, 0.1) is 5.41 Å². The van der Waals surface area contributed by atoms with Crippen LogP contribution >= 0.6 is 0 Å². The van der Waals surface area contributed by atoms with Gasteiger partial charge in [-0.1, -0.05) is 32.1 Å². The van der Waals surface area contributed by atoms with E-state index in [1.807, 2.05) is 0 Å². The predicted molar refractivity (Wildman–Crippen MR) is 71.5 cm³/mol. The highest BCUT2D eigenvalue weighted by Gasteiger charge is 2.47. The molecule has 0 saturated heterocycles. The van der Waals surface area contributed by atoms with E-state index in [-0.39, 0.29) is 5.91 Å². The maximum Gasteiger partial charge on any atom is 0.329 e. The Morgan fingerprint density at radius 2 is 1.53 bits per heavy atom. The van der Waals surface area contributed by atoms with E-state index >= 15 is 0 Å². The maximum atomic E-state index is 12.6. The van der Waals surface area contributed by atoms with Crippen molar-refractivity contribution in [1.82, 2.24) is 5.32 Å². The van der Waals surface area contributed by atoms with Crippen LogP contribution in [0.15, 0.2) is 0 Å². The lowest BCUT2D eigenvalue weighted by Crippen LogP contribution is -2.58. The topological polar surface area (TPSA) is 92.4 Å². The van der Waals surface area contributed by atoms with Crippen LogP contribution in [0.5, 0.6) is 0 Å². The Balaban J connectivity index is 2.12. The highest BCUT2D eigenvalue weighted by Crippen LogP contribution is 2.38. The summed E-state index contributed by atoms with van der Waals surface area (Å²) in [5.74, 6) is -1.04. The van der Waals surface area contributed by atoms with E-state index < -0.39 is 16.9 Å². The number of aliphatic carboxylic acids is 1. The van der Waals surface area contributed by atoms with Gasteiger partial charge < -0.3 is 16.2 Å². The molecule has 0 aromatic heterocycles. The molecule has 19 heavy (non-hydrogen) atoms. The summed E-state index contributed by atoms with van der Waals surface area (Å²) in [6.07, 6.45) is 7.51. The first-order chi connectivity index (χ1) is 9.05. The zero-order valence-electron chi connectivity index (χ0n) is 11.4. The minimum Gasteiger partial charge on any atom is -0.480 e. The highest BCUT2D eigenvalue weighted by atomic mass is 16.4. The number of carbonyl (C=O) groups excluding carboxylic acids is 1. The van der Waals surface area contributed by atoms with Crippen molar-refractivity contribution < 1.29 is 14.7 Å². The smallest absolute Gasteiger partial charge is 0.329 e. The Kier molecular flexibility index (Phi) is 4.13. The van der Waals surface area contributed by atoms with Gasteiger partial charge in [-0.15, -0.1) is 0 Å². The summed E-state index contributed by atoms with van der Waals surface area (Å²) < 4.78 is 0. The van der Waals surface area contributed by atoms with Crippen molar-refractivity contribution in [1.29, 1.82) is 0 Å². The second-order valence-corrected chi connectivity index (χ2v) is 6.09. The largest absolute Gasteiger partial charge is 0.480 e. The van der Waals surface area contributed by atoms with E-state index in [9.17, 15) is 14.7 Å². The van der Waals surface area contributed by atoms with Crippen LogP contribution in [0.2, 0.25) is 0 Å². The Labute approximate surface area is 113 Å². The van der Waals surface area contributed by atoms with E-state index in [1.54, 1.807) is 0 Å². The van der Waals surface area contributed by atoms with E-state index in [1.165, 1.54) is 0 Å². The predicted octanol–water partition coefficient (Wildman–Crippen LogP) is 1.41. The number of hydrogen-bond donors (Lipinski definition) is 3. The minimum atomic E-state index is -1.04. The summed E-state index contributed by atoms with van der Waals surface area (Å²) in [5, 5.41) is 12.3. The molecule has 4 N–H and O–H groups in total. The number of carboxylic acid groups (broad SMARTS) is 1. The van der Waals surface area contributed by atoms with Crippen molar-refractivity contribution in [2.75, 3.05) is 6.54 Å². The average molecular weight is 268 g/mol. The first-order valence-corrected chi connectivity index (χ1v) is 7.31. The molecule has 5 heteroatoms. The molecule has 2 fully saturated rings. The van der Waals surface area contributed by atoms with Crippen LogP contribution in [-0.2, 0) is 9.59 Å². The molecule has 0 heterocycles. The summed E-state index contributed by atoms with van der Waals surface area (Å²) in [6.45, 7) is 0.314. The van der Waals surface area contributed by atoms with E-state index in [0.717, 1.165) is 44.9 Å². The van der Waals surface area contributed by atoms with Gasteiger partial charge in [0.05, 0.1) is 5.41 Å². The molecule has 0 bridgehead atoms. The lowest BCUT2D eigenvalue weighted by molar-refractivity contribution is -0.150. The zero-order chi connectivity index (χ0) is 13.9. The van der Waals surface area contributed by atoms with Crippen molar-refractivity contribution in [3.8, 4) is 0 Å². The van der Waals surface area contributed by atoms with Crippen LogP contribution < -0.4 is 11.1 Å². The number of nitrogens with two attached hydrogens (primary N) is 1. The van der Waals surface area contributed by atoms with Crippen molar-refractivity contribution in [2.45, 2.75) is 63.3 Å². The Hall–Kier alpha value is -1.10. The van der Waals surface area contributed by atoms with Crippen LogP contribution in [0.4, 0.5) is 0 Å². The van der Waals surface area contributed by atoms with Gasteiger partial charge >= 0.3 is 5.97 Å². The molecule has 2 aliphatic carbocycles. The molecule has 0 radical (unpaired) electrons. The standard InChI is InChI=1S/C14H24N2O3/c15-10-13(6-2-1-3-7-13)11(17)16-14(12(18)19)8-4-5-9-14/h1-10,15H2,(H,16,17)(H,18,19). The molecular weight excluding hydrogens is 244 g/mol. The highest BCUT2D eigenvalue weighted by molar-refractivity contribution is 5.90. The van der Waals surface area contributed by atoms with Gasteiger partial charge in [-0.2, -0.15) is 0 Å². The normalized spacial score (nSPS) is 24.9. The summed E-state index contributed by atoms with van der Waals surface area (Å²) >= 11 is 0. The molecule has 5 nitrogen and oxygen atoms in total. The Morgan fingerprint density at radius 1 is 1.00 bits per heavy atom. The number of hydrogen-bond acceptors (Lipinski definition) is 3. The first kappa shape index (κ1) is 14.3. The molecule has 2 rings (SSSR count). The molecule has 108 valence electrons. The van der Waals surface area contributed by atoms with Crippen LogP contribution in [0.25, 0.3) is 0 Å². The number of carboxylic acids is 1. The second-order valence-electron chi connectivity index (χ2n) is 6.09. The SMILES string of the molecule is NCC1(C(=O)NC2(C(=O)O)CCCC2)CCCCC1. The van der Waals surface area contributed by atoms with Gasteiger partial charge in [0.15, 0.2) is 0 Å². The van der Waals surface area contributed by atoms with E-state index in [4.69, 9.17) is 5.73 Å². The van der Waals surface area contributed by atoms with Crippen molar-refractivity contribution in [3.63, 3.8) is 0 Å². The number of nitrogens with one attached hydrogen (secondary N) is 1. The average Bonchev–Trinajstić information content (AvgIpc) is 2.89. The van der Waals surface area contributed by atoms with Gasteiger partial charge in [0.1, 0.15) is 5.54 Å². The van der Waals surface area contributed by atoms with Crippen molar-refractivity contribution in [2.24, 2.45) is 11.1 Å². The van der Waals surface area contributed by atoms with Gasteiger partial charge in [-0.05, 0) is 25.7 Å². The first-order valence-electron chi connectivity index (χ1n) is 7.31. The van der Waals surface area contributed by atoms with Crippen molar-refractivity contribution >= 4 is 11.9 Å². The summed E-state index contributed by atoms with van der Waals surface area (Å²) in [5.41, 5.74) is 4.24. The van der Waals surface area contributed by atoms with E-state index in [0.29, 0.717) is 19.4 Å². The molecule has 0 aromatic carbocycles. The van der Waals surface area contributed by atoms with Crippen LogP contribution in [0.1, 0.15) is 57.8 Å². The molecule has 0 unspecified atom stereocenters. The van der Waals surface area contributed by atoms with Crippen LogP contribution in [-0.4, -0.2) is 29.1 Å². The number of carbonyl (C=O) groups is 2. The third-order valence-corrected chi connectivity index (χ3v) is 4.90. The molecule has 2 saturated carbocycles. The second kappa shape index (κ2) is 5.49. The van der Waals surface area contributed by atoms with E-state index in [2.05, 4.69) is 5.32 Å². The Morgan fingerprint density at radius 3 is 2.00 bits per heavy atom. The minimum absolute atomic E-state index is 0.140. The van der Waals surface area contributed by atoms with Crippen molar-refractivity contribution in [3.05, 3.63) is 0 Å². The molecule has 0 spiro atoms. The summed E-state index contributed by atoms with van der Waals surface area (Å²) in [4.78, 5) is 24.1. The molecule has 0 atom stereocenters. The third kappa shape index (κ3) is 2.61. The summed E-state index contributed by atoms with van der Waals surface area (Å²) in [6, 6.07) is 0. The fourth-order valence-electron chi connectivity index (χ4n) is 3.47. The fraction of sp³-hybridized carbons (Fsp3) is 0.857. The third-order valence-electron chi connectivity index (χ3n) is 4.90. The molecule has 1 amide bonds. The lowest BCUT2D eigenvalue weighted by Gasteiger charge is -2.37. The van der Waals surface area contributed by atoms with Gasteiger partial charge in [-0.25, -0.2) is 4.79 Å². The summed E-state index contributed by atoms with van der Waals surface area (Å²) in [7, 11) is 0. The van der Waals surface area contributed by atoms with Gasteiger partial charge in [0.25, 0.3) is 0 Å². The van der Waals surface area contributed by atoms with Gasteiger partial charge in [-0.3, -0.25) is 4.79 Å². The van der Waals surface area contributed by atoms with Gasteiger partial charge in [0.2, 0.25) is 5.91 Å². The molecule has 2 aliphatic rings. The zero-order valence-corrected chi connectivity index (χ0v) is 11.4. The molecular formula is C14H24N2O3. The lowest BCUT2D eigenvalue weighted by atomic mass is 9.73. The molecule has 0 aliphatic heterocycles. The quantitative estimate of drug-likeness (QED) is 0.718. The van der Waals surface area contributed by atoms with Gasteiger partial charge in [0, 0.05) is 6.54 Å². The number of rotatable bonds is 4. The van der Waals surface area contributed by atoms with Crippen LogP contribution in [0.3, 0.4) is 0 Å². The Bertz CT molecular complexity index is 356. The molecule has 0 aromatic rings. The monoisotopic (exact) mass is 268 g/mol.